The number of aliphatic hydroxyl groups is 2. The van der Waals surface area contributed by atoms with Crippen LogP contribution in [0.3, 0.4) is 0 Å². The zero-order chi connectivity index (χ0) is 19.9. The highest BCUT2D eigenvalue weighted by atomic mass is 31.2. The first-order valence-corrected chi connectivity index (χ1v) is 10.9. The van der Waals surface area contributed by atoms with Crippen LogP contribution in [0.15, 0.2) is 0 Å². The molecule has 0 aliphatic rings. The molecule has 0 spiro atoms. The van der Waals surface area contributed by atoms with Crippen molar-refractivity contribution in [3.8, 4) is 0 Å². The maximum Gasteiger partial charge on any atom is 0.259 e. The summed E-state index contributed by atoms with van der Waals surface area (Å²) in [6, 6.07) is 0.676. The minimum atomic E-state index is -1.09. The molecule has 26 heavy (non-hydrogen) atoms. The first kappa shape index (κ1) is 25.7. The number of nitrogens with zero attached hydrogens (tertiary/aromatic N) is 2. The van der Waals surface area contributed by atoms with Crippen molar-refractivity contribution in [3.63, 3.8) is 0 Å². The molecule has 0 saturated carbocycles. The molecule has 0 fully saturated rings. The van der Waals surface area contributed by atoms with Gasteiger partial charge >= 0.3 is 0 Å². The molecule has 0 heterocycles. The van der Waals surface area contributed by atoms with Gasteiger partial charge < -0.3 is 24.2 Å². The van der Waals surface area contributed by atoms with Crippen molar-refractivity contribution >= 4 is 14.4 Å². The number of amides is 1. The third-order valence-corrected chi connectivity index (χ3v) is 5.84. The van der Waals surface area contributed by atoms with Gasteiger partial charge in [-0.3, -0.25) is 4.79 Å². The molecule has 0 rings (SSSR count). The molecule has 2 N–H and O–H groups in total. The molecule has 0 aromatic carbocycles. The first-order valence-electron chi connectivity index (χ1n) is 9.72. The maximum absolute atomic E-state index is 12.1. The molecular formula is C18H39N2O5P. The lowest BCUT2D eigenvalue weighted by Crippen LogP contribution is -2.35. The lowest BCUT2D eigenvalue weighted by molar-refractivity contribution is -0.132. The molecule has 1 amide bonds. The Kier molecular flexibility index (Phi) is 15.5. The Labute approximate surface area is 160 Å². The van der Waals surface area contributed by atoms with Gasteiger partial charge in [0.2, 0.25) is 5.91 Å². The fourth-order valence-electron chi connectivity index (χ4n) is 2.60. The Bertz CT molecular complexity index is 344. The van der Waals surface area contributed by atoms with Crippen molar-refractivity contribution in [2.45, 2.75) is 72.4 Å². The molecule has 0 saturated heterocycles. The van der Waals surface area contributed by atoms with Crippen LogP contribution in [0.5, 0.6) is 0 Å². The zero-order valence-electron chi connectivity index (χ0n) is 17.2. The van der Waals surface area contributed by atoms with Crippen LogP contribution in [0.4, 0.5) is 0 Å². The van der Waals surface area contributed by atoms with Crippen molar-refractivity contribution in [2.75, 3.05) is 39.5 Å². The van der Waals surface area contributed by atoms with Crippen LogP contribution < -0.4 is 0 Å². The van der Waals surface area contributed by atoms with E-state index in [0.29, 0.717) is 38.1 Å². The Balaban J connectivity index is 4.34. The third kappa shape index (κ3) is 10.8. The van der Waals surface area contributed by atoms with Crippen molar-refractivity contribution in [2.24, 2.45) is 0 Å². The number of hydrogen-bond donors (Lipinski definition) is 2. The fraction of sp³-hybridized carbons (Fsp3) is 0.944. The van der Waals surface area contributed by atoms with Crippen LogP contribution in [-0.4, -0.2) is 77.3 Å². The minimum Gasteiger partial charge on any atom is -0.395 e. The third-order valence-electron chi connectivity index (χ3n) is 3.73. The van der Waals surface area contributed by atoms with E-state index in [9.17, 15) is 4.79 Å². The van der Waals surface area contributed by atoms with E-state index >= 15 is 0 Å². The lowest BCUT2D eigenvalue weighted by atomic mass is 10.2. The molecule has 0 bridgehead atoms. The van der Waals surface area contributed by atoms with Crippen LogP contribution in [-0.2, 0) is 13.8 Å². The zero-order valence-corrected chi connectivity index (χ0v) is 18.1. The van der Waals surface area contributed by atoms with Crippen LogP contribution in [0.25, 0.3) is 0 Å². The van der Waals surface area contributed by atoms with Crippen molar-refractivity contribution in [1.82, 2.24) is 9.57 Å². The SMILES string of the molecule is CCCOP(OCCCCC(=O)N(CCO)CCO)N(C(C)C)C(C)C. The highest BCUT2D eigenvalue weighted by molar-refractivity contribution is 7.44. The molecular weight excluding hydrogens is 355 g/mol. The van der Waals surface area contributed by atoms with Crippen LogP contribution in [0.1, 0.15) is 60.3 Å². The quantitative estimate of drug-likeness (QED) is 0.309. The predicted octanol–water partition coefficient (Wildman–Crippen LogP) is 2.76. The number of hydrogen-bond acceptors (Lipinski definition) is 6. The van der Waals surface area contributed by atoms with Crippen LogP contribution in [0.2, 0.25) is 0 Å². The second-order valence-electron chi connectivity index (χ2n) is 6.76. The Morgan fingerprint density at radius 3 is 1.96 bits per heavy atom. The van der Waals surface area contributed by atoms with Gasteiger partial charge in [0.15, 0.2) is 0 Å². The second-order valence-corrected chi connectivity index (χ2v) is 8.21. The highest BCUT2D eigenvalue weighted by Gasteiger charge is 2.26. The summed E-state index contributed by atoms with van der Waals surface area (Å²) in [5.74, 6) is -0.0383. The summed E-state index contributed by atoms with van der Waals surface area (Å²) in [7, 11) is -1.09. The van der Waals surface area contributed by atoms with Crippen LogP contribution in [0, 0.1) is 0 Å². The summed E-state index contributed by atoms with van der Waals surface area (Å²) < 4.78 is 14.2. The van der Waals surface area contributed by atoms with E-state index in [1.165, 1.54) is 4.90 Å². The van der Waals surface area contributed by atoms with E-state index in [1.807, 2.05) is 0 Å². The lowest BCUT2D eigenvalue weighted by Gasteiger charge is -2.35. The van der Waals surface area contributed by atoms with Crippen LogP contribution >= 0.6 is 8.53 Å². The van der Waals surface area contributed by atoms with Gasteiger partial charge in [-0.25, -0.2) is 4.67 Å². The second kappa shape index (κ2) is 15.7. The fourth-order valence-corrected chi connectivity index (χ4v) is 4.31. The maximum atomic E-state index is 12.1. The molecule has 0 aliphatic carbocycles. The Hall–Kier alpha value is -0.300. The van der Waals surface area contributed by atoms with E-state index in [0.717, 1.165) is 12.8 Å². The average molecular weight is 394 g/mol. The minimum absolute atomic E-state index is 0.0383. The predicted molar refractivity (Wildman–Crippen MR) is 106 cm³/mol. The molecule has 0 aromatic rings. The normalized spacial score (nSPS) is 13.0. The van der Waals surface area contributed by atoms with E-state index in [2.05, 4.69) is 39.3 Å². The first-order chi connectivity index (χ1) is 12.4. The molecule has 0 aromatic heterocycles. The van der Waals surface area contributed by atoms with Gasteiger partial charge in [-0.15, -0.1) is 0 Å². The van der Waals surface area contributed by atoms with Gasteiger partial charge in [-0.2, -0.15) is 0 Å². The smallest absolute Gasteiger partial charge is 0.259 e. The van der Waals surface area contributed by atoms with Crippen molar-refractivity contribution in [1.29, 1.82) is 0 Å². The average Bonchev–Trinajstić information content (AvgIpc) is 2.57. The molecule has 1 unspecified atom stereocenters. The summed E-state index contributed by atoms with van der Waals surface area (Å²) in [5.41, 5.74) is 0. The van der Waals surface area contributed by atoms with Gasteiger partial charge in [0.05, 0.1) is 26.4 Å². The monoisotopic (exact) mass is 394 g/mol. The molecule has 8 heteroatoms. The Morgan fingerprint density at radius 1 is 0.962 bits per heavy atom. The van der Waals surface area contributed by atoms with E-state index in [-0.39, 0.29) is 32.2 Å². The van der Waals surface area contributed by atoms with E-state index < -0.39 is 8.53 Å². The molecule has 1 atom stereocenters. The summed E-state index contributed by atoms with van der Waals surface area (Å²) in [5, 5.41) is 18.0. The van der Waals surface area contributed by atoms with Gasteiger partial charge in [0.25, 0.3) is 8.53 Å². The molecule has 0 aliphatic heterocycles. The summed E-state index contributed by atoms with van der Waals surface area (Å²) >= 11 is 0. The van der Waals surface area contributed by atoms with Crippen molar-refractivity contribution < 1.29 is 24.1 Å². The summed E-state index contributed by atoms with van der Waals surface area (Å²) in [6.07, 6.45) is 2.84. The summed E-state index contributed by atoms with van der Waals surface area (Å²) in [4.78, 5) is 13.6. The number of unbranched alkanes of at least 4 members (excludes halogenated alkanes) is 1. The van der Waals surface area contributed by atoms with Gasteiger partial charge in [-0.1, -0.05) is 6.92 Å². The van der Waals surface area contributed by atoms with Gasteiger partial charge in [0.1, 0.15) is 0 Å². The largest absolute Gasteiger partial charge is 0.395 e. The summed E-state index contributed by atoms with van der Waals surface area (Å²) in [6.45, 7) is 12.2. The topological polar surface area (TPSA) is 82.5 Å². The number of carbonyl (C=O) groups excluding carboxylic acids is 1. The van der Waals surface area contributed by atoms with Crippen molar-refractivity contribution in [3.05, 3.63) is 0 Å². The Morgan fingerprint density at radius 2 is 1.50 bits per heavy atom. The number of aliphatic hydroxyl groups excluding tert-OH is 2. The number of carbonyl (C=O) groups is 1. The standard InChI is InChI=1S/C18H39N2O5P/c1-6-14-24-26(20(16(2)3)17(4)5)25-15-8-7-9-18(23)19(10-12-21)11-13-22/h16-17,21-22H,6-15H2,1-5H3. The van der Waals surface area contributed by atoms with E-state index in [4.69, 9.17) is 19.3 Å². The van der Waals surface area contributed by atoms with E-state index in [1.54, 1.807) is 0 Å². The molecule has 7 nitrogen and oxygen atoms in total. The molecule has 0 radical (unpaired) electrons. The highest BCUT2D eigenvalue weighted by Crippen LogP contribution is 2.46. The van der Waals surface area contributed by atoms with Gasteiger partial charge in [-0.05, 0) is 47.0 Å². The molecule has 156 valence electrons. The number of rotatable bonds is 16. The van der Waals surface area contributed by atoms with Gasteiger partial charge in [0, 0.05) is 31.6 Å².